The number of nitrogens with two attached hydrogens (primary N) is 1. The molecule has 1 atom stereocenters. The zero-order valence-corrected chi connectivity index (χ0v) is 13.5. The van der Waals surface area contributed by atoms with Gasteiger partial charge in [0.2, 0.25) is 11.9 Å². The summed E-state index contributed by atoms with van der Waals surface area (Å²) in [6, 6.07) is 1.80. The lowest BCUT2D eigenvalue weighted by Gasteiger charge is -2.28. The molecule has 1 aromatic rings. The molecule has 1 unspecified atom stereocenters. The maximum atomic E-state index is 12.1. The lowest BCUT2D eigenvalue weighted by Crippen LogP contribution is -2.32. The van der Waals surface area contributed by atoms with E-state index in [2.05, 4.69) is 30.8 Å². The van der Waals surface area contributed by atoms with Crippen LogP contribution in [0, 0.1) is 5.92 Å². The maximum Gasteiger partial charge on any atom is 0.236 e. The van der Waals surface area contributed by atoms with Crippen LogP contribution in [0.3, 0.4) is 0 Å². The molecule has 0 spiro atoms. The second-order valence-corrected chi connectivity index (χ2v) is 6.37. The van der Waals surface area contributed by atoms with Crippen LogP contribution in [0.5, 0.6) is 0 Å². The van der Waals surface area contributed by atoms with Gasteiger partial charge in [-0.25, -0.2) is 0 Å². The van der Waals surface area contributed by atoms with Crippen molar-refractivity contribution in [3.8, 4) is 0 Å². The number of rotatable bonds is 3. The maximum absolute atomic E-state index is 12.1. The molecule has 6 nitrogen and oxygen atoms in total. The number of hydrogen-bond acceptors (Lipinski definition) is 5. The lowest BCUT2D eigenvalue weighted by atomic mass is 10.1. The summed E-state index contributed by atoms with van der Waals surface area (Å²) < 4.78 is 0. The molecule has 1 amide bonds. The summed E-state index contributed by atoms with van der Waals surface area (Å²) in [5.74, 6) is 2.11. The highest BCUT2D eigenvalue weighted by Gasteiger charge is 2.32. The van der Waals surface area contributed by atoms with Gasteiger partial charge in [-0.2, -0.15) is 9.97 Å². The van der Waals surface area contributed by atoms with Crippen LogP contribution in [0.1, 0.15) is 25.7 Å². The molecule has 2 fully saturated rings. The molecule has 1 aromatic heterocycles. The summed E-state index contributed by atoms with van der Waals surface area (Å²) in [6.45, 7) is 2.65. The van der Waals surface area contributed by atoms with Gasteiger partial charge in [-0.05, 0) is 25.2 Å². The van der Waals surface area contributed by atoms with Crippen molar-refractivity contribution in [2.45, 2.75) is 25.7 Å². The average Bonchev–Trinajstić information content (AvgIpc) is 2.89. The number of anilines is 3. The predicted octanol–water partition coefficient (Wildman–Crippen LogP) is 1.80. The van der Waals surface area contributed by atoms with Crippen LogP contribution in [0.2, 0.25) is 0 Å². The second-order valence-electron chi connectivity index (χ2n) is 5.73. The second kappa shape index (κ2) is 6.17. The van der Waals surface area contributed by atoms with Gasteiger partial charge in [0, 0.05) is 37.5 Å². The van der Waals surface area contributed by atoms with Crippen LogP contribution in [0.4, 0.5) is 17.6 Å². The molecule has 7 heteroatoms. The van der Waals surface area contributed by atoms with E-state index in [1.165, 1.54) is 19.3 Å². The highest BCUT2D eigenvalue weighted by molar-refractivity contribution is 9.09. The minimum atomic E-state index is 0.0784. The summed E-state index contributed by atoms with van der Waals surface area (Å²) in [5.41, 5.74) is 5.92. The molecule has 0 saturated carbocycles. The summed E-state index contributed by atoms with van der Waals surface area (Å²) in [5, 5.41) is 0.816. The first kappa shape index (κ1) is 14.6. The largest absolute Gasteiger partial charge is 0.383 e. The fraction of sp³-hybridized carbons (Fsp3) is 0.643. The molecule has 2 saturated heterocycles. The quantitative estimate of drug-likeness (QED) is 0.838. The molecule has 0 aliphatic carbocycles. The Balaban J connectivity index is 1.85. The molecule has 2 N–H and O–H groups in total. The predicted molar refractivity (Wildman–Crippen MR) is 86.8 cm³/mol. The Morgan fingerprint density at radius 1 is 1.29 bits per heavy atom. The summed E-state index contributed by atoms with van der Waals surface area (Å²) in [4.78, 5) is 24.8. The Morgan fingerprint density at radius 2 is 2.05 bits per heavy atom. The lowest BCUT2D eigenvalue weighted by molar-refractivity contribution is -0.117. The molecular weight excluding hydrogens is 334 g/mol. The van der Waals surface area contributed by atoms with Crippen molar-refractivity contribution in [3.63, 3.8) is 0 Å². The summed E-state index contributed by atoms with van der Waals surface area (Å²) in [6.07, 6.45) is 4.16. The zero-order valence-electron chi connectivity index (χ0n) is 12.0. The van der Waals surface area contributed by atoms with Crippen LogP contribution < -0.4 is 15.5 Å². The standard InChI is InChI=1S/C14H20BrN5O/c15-8-10-6-13(21)20(9-10)14-17-11(16)7-12(18-14)19-4-2-1-3-5-19/h7,10H,1-6,8-9H2,(H2,16,17,18). The Bertz CT molecular complexity index is 532. The highest BCUT2D eigenvalue weighted by Crippen LogP contribution is 2.27. The number of carbonyl (C=O) groups excluding carboxylic acids is 1. The first-order valence-corrected chi connectivity index (χ1v) is 8.55. The number of nitrogens with zero attached hydrogens (tertiary/aromatic N) is 4. The number of hydrogen-bond donors (Lipinski definition) is 1. The van der Waals surface area contributed by atoms with Crippen molar-refractivity contribution < 1.29 is 4.79 Å². The topological polar surface area (TPSA) is 75.3 Å². The molecule has 3 rings (SSSR count). The van der Waals surface area contributed by atoms with E-state index in [9.17, 15) is 4.79 Å². The molecule has 3 heterocycles. The molecule has 0 bridgehead atoms. The normalized spacial score (nSPS) is 22.9. The third-order valence-electron chi connectivity index (χ3n) is 4.07. The average molecular weight is 354 g/mol. The Morgan fingerprint density at radius 3 is 2.71 bits per heavy atom. The van der Waals surface area contributed by atoms with Gasteiger partial charge in [0.1, 0.15) is 11.6 Å². The van der Waals surface area contributed by atoms with Crippen molar-refractivity contribution in [1.29, 1.82) is 0 Å². The van der Waals surface area contributed by atoms with Crippen molar-refractivity contribution >= 4 is 39.4 Å². The highest BCUT2D eigenvalue weighted by atomic mass is 79.9. The number of carbonyl (C=O) groups is 1. The molecule has 114 valence electrons. The smallest absolute Gasteiger partial charge is 0.236 e. The van der Waals surface area contributed by atoms with E-state index in [1.54, 1.807) is 11.0 Å². The van der Waals surface area contributed by atoms with Crippen molar-refractivity contribution in [1.82, 2.24) is 9.97 Å². The minimum Gasteiger partial charge on any atom is -0.383 e. The van der Waals surface area contributed by atoms with Crippen molar-refractivity contribution in [3.05, 3.63) is 6.07 Å². The van der Waals surface area contributed by atoms with E-state index < -0.39 is 0 Å². The number of alkyl halides is 1. The monoisotopic (exact) mass is 353 g/mol. The minimum absolute atomic E-state index is 0.0784. The van der Waals surface area contributed by atoms with Crippen LogP contribution in [-0.4, -0.2) is 40.8 Å². The van der Waals surface area contributed by atoms with Gasteiger partial charge in [-0.1, -0.05) is 15.9 Å². The Kier molecular flexibility index (Phi) is 4.28. The molecule has 0 radical (unpaired) electrons. The van der Waals surface area contributed by atoms with E-state index in [4.69, 9.17) is 5.73 Å². The van der Waals surface area contributed by atoms with Gasteiger partial charge in [0.25, 0.3) is 0 Å². The molecule has 21 heavy (non-hydrogen) atoms. The van der Waals surface area contributed by atoms with Crippen LogP contribution >= 0.6 is 15.9 Å². The molecular formula is C14H20BrN5O. The van der Waals surface area contributed by atoms with E-state index >= 15 is 0 Å². The Labute approximate surface area is 132 Å². The van der Waals surface area contributed by atoms with Crippen LogP contribution in [-0.2, 0) is 4.79 Å². The fourth-order valence-electron chi connectivity index (χ4n) is 2.92. The van der Waals surface area contributed by atoms with Gasteiger partial charge in [-0.3, -0.25) is 9.69 Å². The number of piperidine rings is 1. The first-order valence-electron chi connectivity index (χ1n) is 7.43. The number of aromatic nitrogens is 2. The van der Waals surface area contributed by atoms with E-state index in [1.807, 2.05) is 0 Å². The van der Waals surface area contributed by atoms with Crippen molar-refractivity contribution in [2.24, 2.45) is 5.92 Å². The van der Waals surface area contributed by atoms with Gasteiger partial charge < -0.3 is 10.6 Å². The first-order chi connectivity index (χ1) is 10.2. The van der Waals surface area contributed by atoms with Crippen molar-refractivity contribution in [2.75, 3.05) is 40.5 Å². The van der Waals surface area contributed by atoms with E-state index in [0.29, 0.717) is 30.6 Å². The summed E-state index contributed by atoms with van der Waals surface area (Å²) >= 11 is 3.44. The fourth-order valence-corrected chi connectivity index (χ4v) is 3.36. The van der Waals surface area contributed by atoms with Gasteiger partial charge in [-0.15, -0.1) is 0 Å². The molecule has 2 aliphatic rings. The summed E-state index contributed by atoms with van der Waals surface area (Å²) in [7, 11) is 0. The van der Waals surface area contributed by atoms with Gasteiger partial charge in [0.05, 0.1) is 0 Å². The third-order valence-corrected chi connectivity index (χ3v) is 4.98. The van der Waals surface area contributed by atoms with Crippen LogP contribution in [0.15, 0.2) is 6.07 Å². The zero-order chi connectivity index (χ0) is 14.8. The number of halogens is 1. The SMILES string of the molecule is Nc1cc(N2CCCCC2)nc(N2CC(CBr)CC2=O)n1. The molecule has 0 aromatic carbocycles. The van der Waals surface area contributed by atoms with E-state index in [0.717, 1.165) is 24.2 Å². The van der Waals surface area contributed by atoms with Gasteiger partial charge in [0.15, 0.2) is 0 Å². The van der Waals surface area contributed by atoms with E-state index in [-0.39, 0.29) is 5.91 Å². The number of amides is 1. The Hall–Kier alpha value is -1.37. The number of nitrogen functional groups attached to an aromatic ring is 1. The van der Waals surface area contributed by atoms with Crippen LogP contribution in [0.25, 0.3) is 0 Å². The third kappa shape index (κ3) is 3.12. The molecule has 2 aliphatic heterocycles. The van der Waals surface area contributed by atoms with Gasteiger partial charge >= 0.3 is 0 Å².